The van der Waals surface area contributed by atoms with Gasteiger partial charge in [-0.2, -0.15) is 5.10 Å². The van der Waals surface area contributed by atoms with Crippen LogP contribution in [0.3, 0.4) is 0 Å². The highest BCUT2D eigenvalue weighted by Gasteiger charge is 2.19. The fraction of sp³-hybridized carbons (Fsp3) is 0.714. The van der Waals surface area contributed by atoms with E-state index >= 15 is 0 Å². The molecule has 1 atom stereocenters. The van der Waals surface area contributed by atoms with Gasteiger partial charge in [-0.25, -0.2) is 4.98 Å². The first-order valence-electron chi connectivity index (χ1n) is 6.95. The third-order valence-corrected chi connectivity index (χ3v) is 3.63. The maximum absolute atomic E-state index is 6.27. The maximum atomic E-state index is 6.27. The predicted molar refractivity (Wildman–Crippen MR) is 79.6 cm³/mol. The molecule has 0 radical (unpaired) electrons. The number of hydrogen-bond donors (Lipinski definition) is 0. The van der Waals surface area contributed by atoms with Gasteiger partial charge in [0.1, 0.15) is 11.3 Å². The van der Waals surface area contributed by atoms with Crippen LogP contribution in [0.2, 0.25) is 0 Å². The summed E-state index contributed by atoms with van der Waals surface area (Å²) >= 11 is 6.27. The van der Waals surface area contributed by atoms with Crippen LogP contribution in [0.25, 0.3) is 11.2 Å². The molecular formula is C14H23ClN4. The second-order valence-electron chi connectivity index (χ2n) is 5.65. The second kappa shape index (κ2) is 5.53. The smallest absolute Gasteiger partial charge is 0.158 e. The van der Waals surface area contributed by atoms with Crippen LogP contribution in [-0.2, 0) is 13.6 Å². The van der Waals surface area contributed by atoms with Crippen molar-refractivity contribution in [1.82, 2.24) is 19.3 Å². The van der Waals surface area contributed by atoms with Gasteiger partial charge in [-0.1, -0.05) is 13.8 Å². The molecule has 19 heavy (non-hydrogen) atoms. The minimum Gasteiger partial charge on any atom is -0.312 e. The Hall–Kier alpha value is -1.03. The molecule has 5 heteroatoms. The number of fused-ring (bicyclic) bond motifs is 1. The van der Waals surface area contributed by atoms with Crippen LogP contribution in [0, 0.1) is 12.8 Å². The van der Waals surface area contributed by atoms with Gasteiger partial charge >= 0.3 is 0 Å². The molecule has 0 fully saturated rings. The van der Waals surface area contributed by atoms with Crippen molar-refractivity contribution < 1.29 is 0 Å². The molecule has 0 aromatic carbocycles. The molecule has 2 aromatic rings. The summed E-state index contributed by atoms with van der Waals surface area (Å²) < 4.78 is 4.14. The molecule has 1 unspecified atom stereocenters. The van der Waals surface area contributed by atoms with Crippen molar-refractivity contribution >= 4 is 22.8 Å². The number of aryl methyl sites for hydroxylation is 3. The predicted octanol–water partition coefficient (Wildman–Crippen LogP) is 3.81. The molecule has 0 bridgehead atoms. The van der Waals surface area contributed by atoms with Crippen LogP contribution in [0.1, 0.15) is 50.5 Å². The normalized spacial score (nSPS) is 13.6. The van der Waals surface area contributed by atoms with Gasteiger partial charge in [0.2, 0.25) is 0 Å². The highest BCUT2D eigenvalue weighted by Crippen LogP contribution is 2.26. The van der Waals surface area contributed by atoms with Gasteiger partial charge in [0, 0.05) is 13.6 Å². The third-order valence-electron chi connectivity index (χ3n) is 3.44. The van der Waals surface area contributed by atoms with E-state index in [1.165, 1.54) is 6.42 Å². The fourth-order valence-electron chi connectivity index (χ4n) is 2.53. The standard InChI is InChI=1S/C14H23ClN4/c1-9(2)7-6-8-19-13(10(3)15)16-12-11(4)17-18(5)14(12)19/h9-10H,6-8H2,1-5H3. The van der Waals surface area contributed by atoms with Gasteiger partial charge in [-0.15, -0.1) is 11.6 Å². The van der Waals surface area contributed by atoms with Gasteiger partial charge in [0.25, 0.3) is 0 Å². The quantitative estimate of drug-likeness (QED) is 0.782. The Kier molecular flexibility index (Phi) is 4.19. The van der Waals surface area contributed by atoms with Crippen LogP contribution < -0.4 is 0 Å². The lowest BCUT2D eigenvalue weighted by atomic mass is 10.1. The zero-order valence-corrected chi connectivity index (χ0v) is 13.2. The average Bonchev–Trinajstić information content (AvgIpc) is 2.79. The first kappa shape index (κ1) is 14.4. The molecule has 4 nitrogen and oxygen atoms in total. The van der Waals surface area contributed by atoms with Crippen LogP contribution in [-0.4, -0.2) is 19.3 Å². The average molecular weight is 283 g/mol. The van der Waals surface area contributed by atoms with Crippen LogP contribution in [0.4, 0.5) is 0 Å². The topological polar surface area (TPSA) is 35.6 Å². The number of aromatic nitrogens is 4. The van der Waals surface area contributed by atoms with E-state index in [-0.39, 0.29) is 5.38 Å². The summed E-state index contributed by atoms with van der Waals surface area (Å²) in [6.45, 7) is 9.44. The van der Waals surface area contributed by atoms with E-state index < -0.39 is 0 Å². The molecule has 0 aliphatic heterocycles. The number of hydrogen-bond acceptors (Lipinski definition) is 2. The molecule has 0 N–H and O–H groups in total. The number of alkyl halides is 1. The molecule has 0 aliphatic carbocycles. The molecule has 0 amide bonds. The van der Waals surface area contributed by atoms with Gasteiger partial charge in [0.15, 0.2) is 5.65 Å². The molecule has 2 rings (SSSR count). The monoisotopic (exact) mass is 282 g/mol. The van der Waals surface area contributed by atoms with E-state index in [9.17, 15) is 0 Å². The molecule has 2 aromatic heterocycles. The van der Waals surface area contributed by atoms with Crippen molar-refractivity contribution in [2.75, 3.05) is 0 Å². The lowest BCUT2D eigenvalue weighted by molar-refractivity contribution is 0.504. The van der Waals surface area contributed by atoms with Crippen molar-refractivity contribution in [3.05, 3.63) is 11.5 Å². The van der Waals surface area contributed by atoms with Gasteiger partial charge in [-0.05, 0) is 32.6 Å². The van der Waals surface area contributed by atoms with Crippen molar-refractivity contribution in [2.24, 2.45) is 13.0 Å². The molecule has 0 spiro atoms. The summed E-state index contributed by atoms with van der Waals surface area (Å²) in [5.41, 5.74) is 3.04. The maximum Gasteiger partial charge on any atom is 0.158 e. The number of imidazole rings is 1. The largest absolute Gasteiger partial charge is 0.312 e. The van der Waals surface area contributed by atoms with E-state index in [0.29, 0.717) is 0 Å². The summed E-state index contributed by atoms with van der Waals surface area (Å²) in [5, 5.41) is 4.37. The molecule has 106 valence electrons. The highest BCUT2D eigenvalue weighted by atomic mass is 35.5. The summed E-state index contributed by atoms with van der Waals surface area (Å²) in [5.74, 6) is 1.68. The fourth-order valence-corrected chi connectivity index (χ4v) is 2.70. The van der Waals surface area contributed by atoms with Crippen LogP contribution in [0.5, 0.6) is 0 Å². The Bertz CT molecular complexity index is 566. The van der Waals surface area contributed by atoms with E-state index in [4.69, 9.17) is 11.6 Å². The van der Waals surface area contributed by atoms with Crippen molar-refractivity contribution in [3.8, 4) is 0 Å². The number of nitrogens with zero attached hydrogens (tertiary/aromatic N) is 4. The lowest BCUT2D eigenvalue weighted by Crippen LogP contribution is -2.08. The minimum atomic E-state index is -0.0779. The van der Waals surface area contributed by atoms with E-state index in [1.54, 1.807) is 0 Å². The van der Waals surface area contributed by atoms with Crippen molar-refractivity contribution in [1.29, 1.82) is 0 Å². The number of halogens is 1. The molecule has 0 saturated heterocycles. The Morgan fingerprint density at radius 1 is 1.26 bits per heavy atom. The van der Waals surface area contributed by atoms with Crippen LogP contribution in [0.15, 0.2) is 0 Å². The van der Waals surface area contributed by atoms with Crippen LogP contribution >= 0.6 is 11.6 Å². The Morgan fingerprint density at radius 3 is 2.53 bits per heavy atom. The zero-order chi connectivity index (χ0) is 14.2. The lowest BCUT2D eigenvalue weighted by Gasteiger charge is -2.11. The summed E-state index contributed by atoms with van der Waals surface area (Å²) in [6.07, 6.45) is 2.36. The Balaban J connectivity index is 2.40. The molecule has 0 aliphatic rings. The Labute approximate surface area is 119 Å². The summed E-state index contributed by atoms with van der Waals surface area (Å²) in [4.78, 5) is 4.68. The van der Waals surface area contributed by atoms with Gasteiger partial charge in [0.05, 0.1) is 11.1 Å². The zero-order valence-electron chi connectivity index (χ0n) is 12.4. The molecule has 2 heterocycles. The number of rotatable bonds is 5. The second-order valence-corrected chi connectivity index (χ2v) is 6.31. The summed E-state index contributed by atoms with van der Waals surface area (Å²) in [6, 6.07) is 0. The highest BCUT2D eigenvalue weighted by molar-refractivity contribution is 6.20. The van der Waals surface area contributed by atoms with E-state index in [1.807, 2.05) is 25.6 Å². The molecule has 0 saturated carbocycles. The Morgan fingerprint density at radius 2 is 1.95 bits per heavy atom. The SMILES string of the molecule is Cc1nn(C)c2c1nc(C(C)Cl)n2CCCC(C)C. The third kappa shape index (κ3) is 2.78. The first-order chi connectivity index (χ1) is 8.91. The van der Waals surface area contributed by atoms with Gasteiger partial charge < -0.3 is 4.57 Å². The van der Waals surface area contributed by atoms with E-state index in [0.717, 1.165) is 41.6 Å². The van der Waals surface area contributed by atoms with Crippen molar-refractivity contribution in [3.63, 3.8) is 0 Å². The van der Waals surface area contributed by atoms with E-state index in [2.05, 4.69) is 28.5 Å². The summed E-state index contributed by atoms with van der Waals surface area (Å²) in [7, 11) is 1.97. The van der Waals surface area contributed by atoms with Crippen molar-refractivity contribution in [2.45, 2.75) is 52.5 Å². The van der Waals surface area contributed by atoms with Gasteiger partial charge in [-0.3, -0.25) is 4.68 Å². The molecular weight excluding hydrogens is 260 g/mol. The first-order valence-corrected chi connectivity index (χ1v) is 7.39. The minimum absolute atomic E-state index is 0.0779.